The van der Waals surface area contributed by atoms with Crippen molar-refractivity contribution in [3.63, 3.8) is 0 Å². The molecule has 106 valence electrons. The summed E-state index contributed by atoms with van der Waals surface area (Å²) >= 11 is 0. The first kappa shape index (κ1) is 15.5. The molecule has 0 radical (unpaired) electrons. The molecule has 2 atom stereocenters. The third-order valence-electron chi connectivity index (χ3n) is 3.66. The molecule has 3 heteroatoms. The van der Waals surface area contributed by atoms with Crippen molar-refractivity contribution in [3.8, 4) is 0 Å². The molecular weight excluding hydrogens is 228 g/mol. The number of carbonyl (C=O) groups is 1. The molecular formula is C15H28O3. The van der Waals surface area contributed by atoms with Crippen LogP contribution in [-0.4, -0.2) is 24.3 Å². The van der Waals surface area contributed by atoms with Gasteiger partial charge in [-0.3, -0.25) is 0 Å². The van der Waals surface area contributed by atoms with E-state index in [0.717, 1.165) is 12.8 Å². The smallest absolute Gasteiger partial charge is 0.338 e. The van der Waals surface area contributed by atoms with Crippen molar-refractivity contribution >= 4 is 5.97 Å². The molecule has 1 saturated heterocycles. The predicted molar refractivity (Wildman–Crippen MR) is 72.5 cm³/mol. The Morgan fingerprint density at radius 2 is 1.72 bits per heavy atom. The zero-order valence-corrected chi connectivity index (χ0v) is 12.2. The van der Waals surface area contributed by atoms with E-state index in [0.29, 0.717) is 6.61 Å². The summed E-state index contributed by atoms with van der Waals surface area (Å²) in [4.78, 5) is 11.5. The molecule has 0 unspecified atom stereocenters. The lowest BCUT2D eigenvalue weighted by Gasteiger charge is -2.06. The van der Waals surface area contributed by atoms with Crippen molar-refractivity contribution in [1.29, 1.82) is 0 Å². The average molecular weight is 256 g/mol. The largest absolute Gasteiger partial charge is 0.464 e. The number of epoxide rings is 1. The Bertz CT molecular complexity index is 252. The second-order valence-corrected chi connectivity index (χ2v) is 5.43. The second kappa shape index (κ2) is 7.78. The lowest BCUT2D eigenvalue weighted by atomic mass is 9.98. The van der Waals surface area contributed by atoms with Gasteiger partial charge in [-0.15, -0.1) is 0 Å². The minimum Gasteiger partial charge on any atom is -0.464 e. The molecule has 1 fully saturated rings. The molecule has 0 amide bonds. The SMILES string of the molecule is CCCCCCCCC[C@@]1(C)O[C@H]1C(=O)OCC. The molecule has 0 bridgehead atoms. The first-order valence-electron chi connectivity index (χ1n) is 7.48. The summed E-state index contributed by atoms with van der Waals surface area (Å²) in [5.74, 6) is -0.192. The first-order valence-corrected chi connectivity index (χ1v) is 7.48. The van der Waals surface area contributed by atoms with E-state index < -0.39 is 0 Å². The van der Waals surface area contributed by atoms with Crippen LogP contribution in [0.3, 0.4) is 0 Å². The quantitative estimate of drug-likeness (QED) is 0.338. The van der Waals surface area contributed by atoms with E-state index in [4.69, 9.17) is 9.47 Å². The topological polar surface area (TPSA) is 38.8 Å². The predicted octanol–water partition coefficient (Wildman–Crippen LogP) is 3.85. The summed E-state index contributed by atoms with van der Waals surface area (Å²) in [5, 5.41) is 0. The van der Waals surface area contributed by atoms with Gasteiger partial charge in [0.2, 0.25) is 0 Å². The highest BCUT2D eigenvalue weighted by Gasteiger charge is 2.57. The third kappa shape index (κ3) is 4.97. The zero-order valence-electron chi connectivity index (χ0n) is 12.2. The lowest BCUT2D eigenvalue weighted by Crippen LogP contribution is -2.20. The van der Waals surface area contributed by atoms with Crippen LogP contribution in [0, 0.1) is 0 Å². The molecule has 0 aromatic rings. The van der Waals surface area contributed by atoms with E-state index in [1.807, 2.05) is 13.8 Å². The Labute approximate surface area is 111 Å². The summed E-state index contributed by atoms with van der Waals surface area (Å²) in [6.07, 6.45) is 9.72. The highest BCUT2D eigenvalue weighted by atomic mass is 16.7. The van der Waals surface area contributed by atoms with Gasteiger partial charge in [-0.2, -0.15) is 0 Å². The molecule has 0 aromatic carbocycles. The van der Waals surface area contributed by atoms with Gasteiger partial charge in [0.25, 0.3) is 0 Å². The van der Waals surface area contributed by atoms with Crippen LogP contribution in [0.25, 0.3) is 0 Å². The fourth-order valence-corrected chi connectivity index (χ4v) is 2.37. The van der Waals surface area contributed by atoms with Gasteiger partial charge in [0.05, 0.1) is 6.61 Å². The van der Waals surface area contributed by atoms with Gasteiger partial charge in [-0.25, -0.2) is 4.79 Å². The number of unbranched alkanes of at least 4 members (excludes halogenated alkanes) is 6. The highest BCUT2D eigenvalue weighted by Crippen LogP contribution is 2.41. The Morgan fingerprint density at radius 1 is 1.11 bits per heavy atom. The van der Waals surface area contributed by atoms with Crippen LogP contribution in [0.15, 0.2) is 0 Å². The van der Waals surface area contributed by atoms with Crippen molar-refractivity contribution < 1.29 is 14.3 Å². The standard InChI is InChI=1S/C15H28O3/c1-4-6-7-8-9-10-11-12-15(3)13(18-15)14(16)17-5-2/h13H,4-12H2,1-3H3/t13-,15+/m0/s1. The van der Waals surface area contributed by atoms with Gasteiger partial charge in [-0.1, -0.05) is 51.9 Å². The number of ether oxygens (including phenoxy) is 2. The third-order valence-corrected chi connectivity index (χ3v) is 3.66. The number of esters is 1. The van der Waals surface area contributed by atoms with E-state index in [9.17, 15) is 4.79 Å². The Morgan fingerprint density at radius 3 is 2.33 bits per heavy atom. The molecule has 0 spiro atoms. The number of rotatable bonds is 10. The minimum atomic E-state index is -0.308. The molecule has 3 nitrogen and oxygen atoms in total. The summed E-state index contributed by atoms with van der Waals surface area (Å²) in [6, 6.07) is 0. The van der Waals surface area contributed by atoms with E-state index in [1.54, 1.807) is 0 Å². The number of hydrogen-bond donors (Lipinski definition) is 0. The summed E-state index contributed by atoms with van der Waals surface area (Å²) < 4.78 is 10.5. The van der Waals surface area contributed by atoms with Crippen LogP contribution in [0.1, 0.15) is 72.1 Å². The second-order valence-electron chi connectivity index (χ2n) is 5.43. The molecule has 1 aliphatic heterocycles. The van der Waals surface area contributed by atoms with E-state index in [-0.39, 0.29) is 17.7 Å². The average Bonchev–Trinajstić information content (AvgIpc) is 3.01. The van der Waals surface area contributed by atoms with Gasteiger partial charge in [-0.05, 0) is 20.3 Å². The minimum absolute atomic E-state index is 0.192. The van der Waals surface area contributed by atoms with E-state index in [2.05, 4.69) is 6.92 Å². The number of hydrogen-bond acceptors (Lipinski definition) is 3. The Kier molecular flexibility index (Phi) is 6.69. The highest BCUT2D eigenvalue weighted by molar-refractivity contribution is 5.79. The normalized spacial score (nSPS) is 26.1. The molecule has 1 rings (SSSR count). The maximum Gasteiger partial charge on any atom is 0.338 e. The lowest BCUT2D eigenvalue weighted by molar-refractivity contribution is -0.144. The maximum atomic E-state index is 11.5. The van der Waals surface area contributed by atoms with Crippen molar-refractivity contribution in [3.05, 3.63) is 0 Å². The van der Waals surface area contributed by atoms with Gasteiger partial charge < -0.3 is 9.47 Å². The van der Waals surface area contributed by atoms with Crippen LogP contribution >= 0.6 is 0 Å². The van der Waals surface area contributed by atoms with Crippen molar-refractivity contribution in [2.24, 2.45) is 0 Å². The van der Waals surface area contributed by atoms with Crippen LogP contribution in [0.5, 0.6) is 0 Å². The van der Waals surface area contributed by atoms with E-state index >= 15 is 0 Å². The van der Waals surface area contributed by atoms with Gasteiger partial charge in [0, 0.05) is 0 Å². The summed E-state index contributed by atoms with van der Waals surface area (Å²) in [7, 11) is 0. The molecule has 0 N–H and O–H groups in total. The fraction of sp³-hybridized carbons (Fsp3) is 0.933. The summed E-state index contributed by atoms with van der Waals surface area (Å²) in [5.41, 5.74) is -0.240. The fourth-order valence-electron chi connectivity index (χ4n) is 2.37. The Balaban J connectivity index is 2.01. The monoisotopic (exact) mass is 256 g/mol. The van der Waals surface area contributed by atoms with Crippen molar-refractivity contribution in [1.82, 2.24) is 0 Å². The maximum absolute atomic E-state index is 11.5. The van der Waals surface area contributed by atoms with Crippen molar-refractivity contribution in [2.75, 3.05) is 6.61 Å². The molecule has 18 heavy (non-hydrogen) atoms. The van der Waals surface area contributed by atoms with Crippen LogP contribution in [0.2, 0.25) is 0 Å². The molecule has 0 aromatic heterocycles. The Hall–Kier alpha value is -0.570. The molecule has 1 heterocycles. The van der Waals surface area contributed by atoms with Crippen molar-refractivity contribution in [2.45, 2.75) is 83.8 Å². The molecule has 0 aliphatic carbocycles. The van der Waals surface area contributed by atoms with E-state index in [1.165, 1.54) is 38.5 Å². The van der Waals surface area contributed by atoms with Gasteiger partial charge >= 0.3 is 5.97 Å². The zero-order chi connectivity index (χ0) is 13.4. The van der Waals surface area contributed by atoms with Gasteiger partial charge in [0.15, 0.2) is 6.10 Å². The summed E-state index contributed by atoms with van der Waals surface area (Å²) in [6.45, 7) is 6.52. The van der Waals surface area contributed by atoms with Crippen LogP contribution in [-0.2, 0) is 14.3 Å². The van der Waals surface area contributed by atoms with Gasteiger partial charge in [0.1, 0.15) is 5.60 Å². The van der Waals surface area contributed by atoms with Crippen LogP contribution in [0.4, 0.5) is 0 Å². The molecule has 1 aliphatic rings. The first-order chi connectivity index (χ1) is 8.64. The van der Waals surface area contributed by atoms with Crippen LogP contribution < -0.4 is 0 Å². The number of carbonyl (C=O) groups excluding carboxylic acids is 1. The molecule has 0 saturated carbocycles.